The van der Waals surface area contributed by atoms with Crippen molar-refractivity contribution in [1.29, 1.82) is 0 Å². The minimum atomic E-state index is -0.531. The molecule has 0 atom stereocenters. The lowest BCUT2D eigenvalue weighted by molar-refractivity contribution is 0.103. The summed E-state index contributed by atoms with van der Waals surface area (Å²) >= 11 is 0. The zero-order valence-electron chi connectivity index (χ0n) is 12.3. The van der Waals surface area contributed by atoms with Gasteiger partial charge in [0.2, 0.25) is 0 Å². The van der Waals surface area contributed by atoms with Crippen LogP contribution in [-0.2, 0) is 0 Å². The number of ether oxygens (including phenoxy) is 1. The van der Waals surface area contributed by atoms with Gasteiger partial charge >= 0.3 is 0 Å². The number of carbonyl (C=O) groups excluding carboxylic acids is 1. The van der Waals surface area contributed by atoms with E-state index in [1.54, 1.807) is 31.2 Å². The second-order valence-electron chi connectivity index (χ2n) is 5.22. The van der Waals surface area contributed by atoms with Crippen molar-refractivity contribution in [1.82, 2.24) is 0 Å². The zero-order chi connectivity index (χ0) is 15.6. The molecule has 3 nitrogen and oxygen atoms in total. The SMILES string of the molecule is Cc1cc(N)cc(C(=O)c2ccc(OC(C)C)cc2)c1F. The lowest BCUT2D eigenvalue weighted by Gasteiger charge is -2.10. The molecule has 21 heavy (non-hydrogen) atoms. The van der Waals surface area contributed by atoms with E-state index in [1.807, 2.05) is 13.8 Å². The Morgan fingerprint density at radius 3 is 2.38 bits per heavy atom. The van der Waals surface area contributed by atoms with E-state index in [9.17, 15) is 9.18 Å². The maximum Gasteiger partial charge on any atom is 0.196 e. The average Bonchev–Trinajstić information content (AvgIpc) is 2.42. The van der Waals surface area contributed by atoms with Gasteiger partial charge in [-0.3, -0.25) is 4.79 Å². The van der Waals surface area contributed by atoms with Crippen LogP contribution in [-0.4, -0.2) is 11.9 Å². The number of ketones is 1. The van der Waals surface area contributed by atoms with Gasteiger partial charge in [0, 0.05) is 11.3 Å². The molecule has 2 N–H and O–H groups in total. The minimum Gasteiger partial charge on any atom is -0.491 e. The van der Waals surface area contributed by atoms with Crippen molar-refractivity contribution in [3.05, 3.63) is 58.9 Å². The number of aryl methyl sites for hydroxylation is 1. The zero-order valence-corrected chi connectivity index (χ0v) is 12.3. The highest BCUT2D eigenvalue weighted by molar-refractivity contribution is 6.09. The number of anilines is 1. The highest BCUT2D eigenvalue weighted by atomic mass is 19.1. The van der Waals surface area contributed by atoms with E-state index in [-0.39, 0.29) is 17.5 Å². The van der Waals surface area contributed by atoms with E-state index >= 15 is 0 Å². The second kappa shape index (κ2) is 5.95. The molecule has 0 aliphatic heterocycles. The van der Waals surface area contributed by atoms with E-state index < -0.39 is 5.82 Å². The average molecular weight is 287 g/mol. The molecule has 2 rings (SSSR count). The van der Waals surface area contributed by atoms with Gasteiger partial charge in [-0.15, -0.1) is 0 Å². The van der Waals surface area contributed by atoms with Crippen LogP contribution in [0.15, 0.2) is 36.4 Å². The van der Waals surface area contributed by atoms with E-state index in [2.05, 4.69) is 0 Å². The summed E-state index contributed by atoms with van der Waals surface area (Å²) in [5.74, 6) is -0.249. The third kappa shape index (κ3) is 3.40. The third-order valence-corrected chi connectivity index (χ3v) is 3.01. The molecule has 0 spiro atoms. The van der Waals surface area contributed by atoms with Crippen LogP contribution in [0.3, 0.4) is 0 Å². The fourth-order valence-electron chi connectivity index (χ4n) is 2.08. The molecule has 0 heterocycles. The summed E-state index contributed by atoms with van der Waals surface area (Å²) in [6.45, 7) is 5.43. The molecule has 0 saturated carbocycles. The molecular weight excluding hydrogens is 269 g/mol. The highest BCUT2D eigenvalue weighted by Crippen LogP contribution is 2.22. The van der Waals surface area contributed by atoms with E-state index in [1.165, 1.54) is 12.1 Å². The number of halogens is 1. The Hall–Kier alpha value is -2.36. The Labute approximate surface area is 123 Å². The molecule has 0 fully saturated rings. The molecule has 0 saturated heterocycles. The molecule has 0 unspecified atom stereocenters. The van der Waals surface area contributed by atoms with Crippen LogP contribution in [0.2, 0.25) is 0 Å². The van der Waals surface area contributed by atoms with Crippen molar-refractivity contribution in [2.75, 3.05) is 5.73 Å². The van der Waals surface area contributed by atoms with Crippen molar-refractivity contribution in [3.63, 3.8) is 0 Å². The molecule has 0 aliphatic carbocycles. The maximum absolute atomic E-state index is 14.1. The molecule has 2 aromatic rings. The third-order valence-electron chi connectivity index (χ3n) is 3.01. The quantitative estimate of drug-likeness (QED) is 0.688. The Morgan fingerprint density at radius 2 is 1.81 bits per heavy atom. The van der Waals surface area contributed by atoms with Crippen LogP contribution in [0.1, 0.15) is 35.3 Å². The molecule has 0 radical (unpaired) electrons. The second-order valence-corrected chi connectivity index (χ2v) is 5.22. The van der Waals surface area contributed by atoms with E-state index in [0.29, 0.717) is 22.6 Å². The predicted molar refractivity (Wildman–Crippen MR) is 81.2 cm³/mol. The van der Waals surface area contributed by atoms with Gasteiger partial charge in [-0.05, 0) is 62.7 Å². The Morgan fingerprint density at radius 1 is 1.19 bits per heavy atom. The van der Waals surface area contributed by atoms with Gasteiger partial charge in [-0.1, -0.05) is 0 Å². The highest BCUT2D eigenvalue weighted by Gasteiger charge is 2.16. The monoisotopic (exact) mass is 287 g/mol. The van der Waals surface area contributed by atoms with Gasteiger partial charge in [0.1, 0.15) is 11.6 Å². The summed E-state index contributed by atoms with van der Waals surface area (Å²) in [5, 5.41) is 0. The lowest BCUT2D eigenvalue weighted by atomic mass is 10.00. The van der Waals surface area contributed by atoms with Gasteiger partial charge in [0.25, 0.3) is 0 Å². The largest absolute Gasteiger partial charge is 0.491 e. The van der Waals surface area contributed by atoms with Crippen molar-refractivity contribution in [2.45, 2.75) is 26.9 Å². The number of hydrogen-bond donors (Lipinski definition) is 1. The van der Waals surface area contributed by atoms with Gasteiger partial charge in [-0.25, -0.2) is 4.39 Å². The summed E-state index contributed by atoms with van der Waals surface area (Å²) in [4.78, 5) is 12.4. The minimum absolute atomic E-state index is 0.00923. The predicted octanol–water partition coefficient (Wildman–Crippen LogP) is 3.73. The maximum atomic E-state index is 14.1. The van der Waals surface area contributed by atoms with Crippen LogP contribution in [0.5, 0.6) is 5.75 Å². The summed E-state index contributed by atoms with van der Waals surface area (Å²) in [6, 6.07) is 9.51. The Kier molecular flexibility index (Phi) is 4.26. The van der Waals surface area contributed by atoms with Crippen LogP contribution < -0.4 is 10.5 Å². The molecule has 4 heteroatoms. The normalized spacial score (nSPS) is 10.7. The number of nitrogen functional groups attached to an aromatic ring is 1. The molecule has 0 amide bonds. The van der Waals surface area contributed by atoms with Gasteiger partial charge < -0.3 is 10.5 Å². The molecule has 0 aliphatic rings. The number of hydrogen-bond acceptors (Lipinski definition) is 3. The molecular formula is C17H18FNO2. The van der Waals surface area contributed by atoms with Crippen molar-refractivity contribution in [3.8, 4) is 5.75 Å². The number of rotatable bonds is 4. The standard InChI is InChI=1S/C17H18FNO2/c1-10(2)21-14-6-4-12(5-7-14)17(20)15-9-13(19)8-11(3)16(15)18/h4-10H,19H2,1-3H3. The summed E-state index contributed by atoms with van der Waals surface area (Å²) in [7, 11) is 0. The van der Waals surface area contributed by atoms with Crippen LogP contribution in [0.4, 0.5) is 10.1 Å². The fraction of sp³-hybridized carbons (Fsp3) is 0.235. The number of benzene rings is 2. The molecule has 110 valence electrons. The molecule has 0 bridgehead atoms. The topological polar surface area (TPSA) is 52.3 Å². The van der Waals surface area contributed by atoms with Crippen LogP contribution in [0.25, 0.3) is 0 Å². The first-order valence-electron chi connectivity index (χ1n) is 6.75. The van der Waals surface area contributed by atoms with E-state index in [0.717, 1.165) is 0 Å². The first-order valence-corrected chi connectivity index (χ1v) is 6.75. The van der Waals surface area contributed by atoms with Crippen molar-refractivity contribution in [2.24, 2.45) is 0 Å². The molecule has 0 aromatic heterocycles. The Balaban J connectivity index is 2.32. The van der Waals surface area contributed by atoms with Gasteiger partial charge in [0.15, 0.2) is 5.78 Å². The fourth-order valence-corrected chi connectivity index (χ4v) is 2.08. The van der Waals surface area contributed by atoms with Gasteiger partial charge in [0.05, 0.1) is 11.7 Å². The van der Waals surface area contributed by atoms with E-state index in [4.69, 9.17) is 10.5 Å². The van der Waals surface area contributed by atoms with Crippen LogP contribution in [0, 0.1) is 12.7 Å². The molecule has 2 aromatic carbocycles. The van der Waals surface area contributed by atoms with Crippen molar-refractivity contribution < 1.29 is 13.9 Å². The summed E-state index contributed by atoms with van der Waals surface area (Å²) in [5.41, 5.74) is 6.80. The first-order chi connectivity index (χ1) is 9.88. The Bertz CT molecular complexity index is 663. The number of nitrogens with two attached hydrogens (primary N) is 1. The van der Waals surface area contributed by atoms with Gasteiger partial charge in [-0.2, -0.15) is 0 Å². The lowest BCUT2D eigenvalue weighted by Crippen LogP contribution is -2.08. The summed E-state index contributed by atoms with van der Waals surface area (Å²) in [6.07, 6.45) is 0.0561. The smallest absolute Gasteiger partial charge is 0.196 e. The number of carbonyl (C=O) groups is 1. The summed E-state index contributed by atoms with van der Waals surface area (Å²) < 4.78 is 19.6. The van der Waals surface area contributed by atoms with Crippen molar-refractivity contribution >= 4 is 11.5 Å². The van der Waals surface area contributed by atoms with Crippen LogP contribution >= 0.6 is 0 Å². The first kappa shape index (κ1) is 15.0.